The summed E-state index contributed by atoms with van der Waals surface area (Å²) in [5, 5.41) is 3.01. The van der Waals surface area contributed by atoms with E-state index >= 15 is 0 Å². The molecule has 0 radical (unpaired) electrons. The number of rotatable bonds is 2. The third-order valence-electron chi connectivity index (χ3n) is 2.83. The molecular formula is C12H17N3O2. The van der Waals surface area contributed by atoms with E-state index in [2.05, 4.69) is 10.3 Å². The Morgan fingerprint density at radius 2 is 2.35 bits per heavy atom. The Bertz CT molecular complexity index is 387. The second kappa shape index (κ2) is 5.63. The smallest absolute Gasteiger partial charge is 0.257 e. The van der Waals surface area contributed by atoms with Crippen LogP contribution in [0.5, 0.6) is 0 Å². The average molecular weight is 235 g/mol. The van der Waals surface area contributed by atoms with Gasteiger partial charge in [-0.1, -0.05) is 0 Å². The quantitative estimate of drug-likeness (QED) is 0.830. The topological polar surface area (TPSA) is 54.5 Å². The molecule has 0 spiro atoms. The first-order valence-corrected chi connectivity index (χ1v) is 5.81. The van der Waals surface area contributed by atoms with Crippen LogP contribution in [-0.2, 0) is 4.74 Å². The lowest BCUT2D eigenvalue weighted by atomic mass is 10.2. The van der Waals surface area contributed by atoms with Gasteiger partial charge in [-0.25, -0.2) is 0 Å². The van der Waals surface area contributed by atoms with Crippen molar-refractivity contribution >= 4 is 11.6 Å². The Kier molecular flexibility index (Phi) is 3.93. The van der Waals surface area contributed by atoms with Crippen LogP contribution in [0.15, 0.2) is 18.5 Å². The molecule has 1 saturated heterocycles. The summed E-state index contributed by atoms with van der Waals surface area (Å²) < 4.78 is 5.34. The van der Waals surface area contributed by atoms with E-state index in [9.17, 15) is 4.79 Å². The third-order valence-corrected chi connectivity index (χ3v) is 2.83. The number of hydrogen-bond donors (Lipinski definition) is 1. The highest BCUT2D eigenvalue weighted by molar-refractivity contribution is 5.99. The van der Waals surface area contributed by atoms with Gasteiger partial charge in [0, 0.05) is 44.8 Å². The van der Waals surface area contributed by atoms with Crippen LogP contribution < -0.4 is 5.32 Å². The van der Waals surface area contributed by atoms with E-state index in [4.69, 9.17) is 4.74 Å². The van der Waals surface area contributed by atoms with Gasteiger partial charge in [0.05, 0.1) is 12.2 Å². The van der Waals surface area contributed by atoms with Crippen molar-refractivity contribution in [2.75, 3.05) is 38.7 Å². The summed E-state index contributed by atoms with van der Waals surface area (Å²) in [5.74, 6) is 0.0213. The summed E-state index contributed by atoms with van der Waals surface area (Å²) in [6, 6.07) is 1.81. The van der Waals surface area contributed by atoms with E-state index in [0.717, 1.165) is 25.3 Å². The lowest BCUT2D eigenvalue weighted by molar-refractivity contribution is 0.0742. The van der Waals surface area contributed by atoms with Crippen molar-refractivity contribution in [3.05, 3.63) is 24.0 Å². The second-order valence-electron chi connectivity index (χ2n) is 3.93. The molecule has 2 rings (SSSR count). The number of nitrogens with zero attached hydrogens (tertiary/aromatic N) is 2. The molecule has 1 N–H and O–H groups in total. The van der Waals surface area contributed by atoms with Gasteiger partial charge in [-0.15, -0.1) is 0 Å². The molecule has 92 valence electrons. The molecule has 1 aliphatic heterocycles. The van der Waals surface area contributed by atoms with Crippen molar-refractivity contribution in [1.29, 1.82) is 0 Å². The molecule has 0 atom stereocenters. The van der Waals surface area contributed by atoms with Gasteiger partial charge in [-0.3, -0.25) is 9.78 Å². The number of anilines is 1. The first kappa shape index (κ1) is 11.9. The number of hydrogen-bond acceptors (Lipinski definition) is 4. The van der Waals surface area contributed by atoms with Gasteiger partial charge in [0.1, 0.15) is 0 Å². The van der Waals surface area contributed by atoms with Gasteiger partial charge in [0.15, 0.2) is 0 Å². The van der Waals surface area contributed by atoms with Crippen LogP contribution in [0.2, 0.25) is 0 Å². The summed E-state index contributed by atoms with van der Waals surface area (Å²) in [7, 11) is 1.80. The predicted octanol–water partition coefficient (Wildman–Crippen LogP) is 0.986. The highest BCUT2D eigenvalue weighted by atomic mass is 16.5. The summed E-state index contributed by atoms with van der Waals surface area (Å²) in [4.78, 5) is 18.2. The first-order chi connectivity index (χ1) is 8.33. The summed E-state index contributed by atoms with van der Waals surface area (Å²) in [6.07, 6.45) is 4.18. The standard InChI is InChI=1S/C12H17N3O2/c1-13-11-3-4-14-9-10(11)12(16)15-5-2-7-17-8-6-15/h3-4,9H,2,5-8H2,1H3,(H,13,14). The van der Waals surface area contributed by atoms with Crippen LogP contribution in [0.4, 0.5) is 5.69 Å². The molecule has 0 aromatic carbocycles. The maximum atomic E-state index is 12.3. The summed E-state index contributed by atoms with van der Waals surface area (Å²) >= 11 is 0. The molecule has 17 heavy (non-hydrogen) atoms. The first-order valence-electron chi connectivity index (χ1n) is 5.81. The van der Waals surface area contributed by atoms with Crippen LogP contribution >= 0.6 is 0 Å². The van der Waals surface area contributed by atoms with Crippen molar-refractivity contribution in [1.82, 2.24) is 9.88 Å². The molecule has 0 saturated carbocycles. The maximum absolute atomic E-state index is 12.3. The minimum absolute atomic E-state index is 0.0213. The van der Waals surface area contributed by atoms with Crippen molar-refractivity contribution in [2.45, 2.75) is 6.42 Å². The Labute approximate surface area is 101 Å². The van der Waals surface area contributed by atoms with Gasteiger partial charge < -0.3 is 15.0 Å². The van der Waals surface area contributed by atoms with Crippen LogP contribution in [0.3, 0.4) is 0 Å². The van der Waals surface area contributed by atoms with E-state index < -0.39 is 0 Å². The number of ether oxygens (including phenoxy) is 1. The van der Waals surface area contributed by atoms with Gasteiger partial charge in [0.2, 0.25) is 0 Å². The molecule has 1 fully saturated rings. The average Bonchev–Trinajstić information content (AvgIpc) is 2.66. The number of aromatic nitrogens is 1. The van der Waals surface area contributed by atoms with E-state index in [-0.39, 0.29) is 5.91 Å². The molecule has 1 amide bonds. The third kappa shape index (κ3) is 2.74. The van der Waals surface area contributed by atoms with Gasteiger partial charge >= 0.3 is 0 Å². The molecule has 5 nitrogen and oxygen atoms in total. The fourth-order valence-electron chi connectivity index (χ4n) is 1.90. The van der Waals surface area contributed by atoms with E-state index in [1.54, 1.807) is 19.4 Å². The largest absolute Gasteiger partial charge is 0.387 e. The highest BCUT2D eigenvalue weighted by Crippen LogP contribution is 2.16. The SMILES string of the molecule is CNc1ccncc1C(=O)N1CCCOCC1. The number of pyridine rings is 1. The van der Waals surface area contributed by atoms with E-state index in [1.165, 1.54) is 0 Å². The van der Waals surface area contributed by atoms with Crippen LogP contribution in [0.1, 0.15) is 16.8 Å². The Balaban J connectivity index is 2.17. The van der Waals surface area contributed by atoms with E-state index in [0.29, 0.717) is 18.7 Å². The lowest BCUT2D eigenvalue weighted by Crippen LogP contribution is -2.33. The van der Waals surface area contributed by atoms with Crippen molar-refractivity contribution in [2.24, 2.45) is 0 Å². The number of amides is 1. The Morgan fingerprint density at radius 3 is 3.18 bits per heavy atom. The highest BCUT2D eigenvalue weighted by Gasteiger charge is 2.19. The minimum Gasteiger partial charge on any atom is -0.387 e. The Morgan fingerprint density at radius 1 is 1.47 bits per heavy atom. The monoisotopic (exact) mass is 235 g/mol. The zero-order valence-corrected chi connectivity index (χ0v) is 9.98. The van der Waals surface area contributed by atoms with Gasteiger partial charge in [-0.05, 0) is 12.5 Å². The fourth-order valence-corrected chi connectivity index (χ4v) is 1.90. The Hall–Kier alpha value is -1.62. The molecule has 0 aliphatic carbocycles. The zero-order chi connectivity index (χ0) is 12.1. The van der Waals surface area contributed by atoms with Crippen molar-refractivity contribution in [3.63, 3.8) is 0 Å². The van der Waals surface area contributed by atoms with Gasteiger partial charge in [-0.2, -0.15) is 0 Å². The fraction of sp³-hybridized carbons (Fsp3) is 0.500. The van der Waals surface area contributed by atoms with Crippen molar-refractivity contribution in [3.8, 4) is 0 Å². The molecule has 2 heterocycles. The van der Waals surface area contributed by atoms with Crippen LogP contribution in [0.25, 0.3) is 0 Å². The minimum atomic E-state index is 0.0213. The number of nitrogens with one attached hydrogen (secondary N) is 1. The number of carbonyl (C=O) groups is 1. The molecule has 5 heteroatoms. The molecule has 1 aliphatic rings. The van der Waals surface area contributed by atoms with Crippen LogP contribution in [0, 0.1) is 0 Å². The summed E-state index contributed by atoms with van der Waals surface area (Å²) in [5.41, 5.74) is 1.44. The molecule has 1 aromatic rings. The molecule has 0 unspecified atom stereocenters. The van der Waals surface area contributed by atoms with E-state index in [1.807, 2.05) is 11.0 Å². The van der Waals surface area contributed by atoms with Gasteiger partial charge in [0.25, 0.3) is 5.91 Å². The summed E-state index contributed by atoms with van der Waals surface area (Å²) in [6.45, 7) is 2.74. The molecule has 1 aromatic heterocycles. The predicted molar refractivity (Wildman–Crippen MR) is 65.1 cm³/mol. The molecular weight excluding hydrogens is 218 g/mol. The van der Waals surface area contributed by atoms with Crippen LogP contribution in [-0.4, -0.2) is 49.1 Å². The normalized spacial score (nSPS) is 16.4. The lowest BCUT2D eigenvalue weighted by Gasteiger charge is -2.20. The zero-order valence-electron chi connectivity index (χ0n) is 9.98. The maximum Gasteiger partial charge on any atom is 0.257 e. The number of carbonyl (C=O) groups excluding carboxylic acids is 1. The molecule has 0 bridgehead atoms. The van der Waals surface area contributed by atoms with Crippen molar-refractivity contribution < 1.29 is 9.53 Å². The second-order valence-corrected chi connectivity index (χ2v) is 3.93.